The van der Waals surface area contributed by atoms with E-state index in [2.05, 4.69) is 10.4 Å². The first-order valence-corrected chi connectivity index (χ1v) is 5.02. The van der Waals surface area contributed by atoms with Gasteiger partial charge >= 0.3 is 0 Å². The number of hydrogen-bond acceptors (Lipinski definition) is 3. The second-order valence-corrected chi connectivity index (χ2v) is 3.93. The Morgan fingerprint density at radius 3 is 2.80 bits per heavy atom. The van der Waals surface area contributed by atoms with Crippen molar-refractivity contribution in [3.05, 3.63) is 18.0 Å². The van der Waals surface area contributed by atoms with Crippen LogP contribution in [-0.2, 0) is 18.4 Å². The molecule has 0 saturated heterocycles. The Bertz CT molecular complexity index is 332. The molecule has 1 aromatic heterocycles. The third-order valence-corrected chi connectivity index (χ3v) is 2.39. The molecule has 0 fully saturated rings. The minimum absolute atomic E-state index is 0.119. The largest absolute Gasteiger partial charge is 0.349 e. The summed E-state index contributed by atoms with van der Waals surface area (Å²) in [7, 11) is 1.84. The van der Waals surface area contributed by atoms with Crippen molar-refractivity contribution in [2.24, 2.45) is 18.7 Å². The topological polar surface area (TPSA) is 72.9 Å². The average Bonchev–Trinajstić information content (AvgIpc) is 2.59. The molecule has 1 rings (SSSR count). The van der Waals surface area contributed by atoms with Crippen molar-refractivity contribution < 1.29 is 4.79 Å². The van der Waals surface area contributed by atoms with Crippen molar-refractivity contribution in [2.75, 3.05) is 0 Å². The molecule has 0 spiro atoms. The third-order valence-electron chi connectivity index (χ3n) is 2.39. The van der Waals surface area contributed by atoms with Crippen LogP contribution in [0.1, 0.15) is 19.5 Å². The minimum atomic E-state index is -0.446. The van der Waals surface area contributed by atoms with Gasteiger partial charge in [0, 0.05) is 13.2 Å². The Kier molecular flexibility index (Phi) is 3.85. The van der Waals surface area contributed by atoms with Crippen LogP contribution in [0.5, 0.6) is 0 Å². The molecule has 0 saturated carbocycles. The molecule has 1 atom stereocenters. The fourth-order valence-corrected chi connectivity index (χ4v) is 1.17. The van der Waals surface area contributed by atoms with E-state index in [1.165, 1.54) is 0 Å². The number of nitrogens with two attached hydrogens (primary N) is 1. The summed E-state index contributed by atoms with van der Waals surface area (Å²) in [6.45, 7) is 4.32. The van der Waals surface area contributed by atoms with Crippen LogP contribution in [0.25, 0.3) is 0 Å². The quantitative estimate of drug-likeness (QED) is 0.735. The zero-order valence-corrected chi connectivity index (χ0v) is 9.40. The van der Waals surface area contributed by atoms with E-state index >= 15 is 0 Å². The van der Waals surface area contributed by atoms with E-state index < -0.39 is 6.04 Å². The molecular formula is C10H18N4O. The van der Waals surface area contributed by atoms with E-state index in [1.54, 1.807) is 10.9 Å². The first kappa shape index (κ1) is 11.7. The zero-order valence-electron chi connectivity index (χ0n) is 9.40. The summed E-state index contributed by atoms with van der Waals surface area (Å²) in [5.41, 5.74) is 6.66. The van der Waals surface area contributed by atoms with E-state index in [0.717, 1.165) is 5.69 Å². The molecule has 0 aliphatic rings. The SMILES string of the molecule is CC(C)C(N)C(=O)NCc1ccnn1C. The highest BCUT2D eigenvalue weighted by Gasteiger charge is 2.16. The molecule has 1 unspecified atom stereocenters. The van der Waals surface area contributed by atoms with Crippen molar-refractivity contribution >= 4 is 5.91 Å². The molecule has 0 aromatic carbocycles. The van der Waals surface area contributed by atoms with Gasteiger partial charge < -0.3 is 11.1 Å². The first-order chi connectivity index (χ1) is 7.02. The molecule has 15 heavy (non-hydrogen) atoms. The van der Waals surface area contributed by atoms with E-state index in [1.807, 2.05) is 27.0 Å². The fourth-order valence-electron chi connectivity index (χ4n) is 1.17. The van der Waals surface area contributed by atoms with Crippen molar-refractivity contribution in [1.82, 2.24) is 15.1 Å². The van der Waals surface area contributed by atoms with E-state index in [-0.39, 0.29) is 11.8 Å². The first-order valence-electron chi connectivity index (χ1n) is 5.02. The van der Waals surface area contributed by atoms with Gasteiger partial charge in [-0.3, -0.25) is 9.48 Å². The number of aryl methyl sites for hydroxylation is 1. The highest BCUT2D eigenvalue weighted by atomic mass is 16.2. The van der Waals surface area contributed by atoms with Crippen LogP contribution in [0.2, 0.25) is 0 Å². The van der Waals surface area contributed by atoms with Gasteiger partial charge in [-0.2, -0.15) is 5.10 Å². The van der Waals surface area contributed by atoms with Crippen molar-refractivity contribution in [3.8, 4) is 0 Å². The fraction of sp³-hybridized carbons (Fsp3) is 0.600. The minimum Gasteiger partial charge on any atom is -0.349 e. The predicted molar refractivity (Wildman–Crippen MR) is 57.9 cm³/mol. The highest BCUT2D eigenvalue weighted by molar-refractivity contribution is 5.81. The van der Waals surface area contributed by atoms with E-state index in [9.17, 15) is 4.79 Å². The Morgan fingerprint density at radius 1 is 1.67 bits per heavy atom. The van der Waals surface area contributed by atoms with Crippen molar-refractivity contribution in [3.63, 3.8) is 0 Å². The Morgan fingerprint density at radius 2 is 2.33 bits per heavy atom. The molecule has 5 heteroatoms. The molecule has 84 valence electrons. The highest BCUT2D eigenvalue weighted by Crippen LogP contribution is 1.99. The molecule has 0 radical (unpaired) electrons. The van der Waals surface area contributed by atoms with Crippen molar-refractivity contribution in [1.29, 1.82) is 0 Å². The van der Waals surface area contributed by atoms with Crippen LogP contribution in [0, 0.1) is 5.92 Å². The van der Waals surface area contributed by atoms with Crippen LogP contribution >= 0.6 is 0 Å². The predicted octanol–water partition coefficient (Wildman–Crippen LogP) is 0.0196. The summed E-state index contributed by atoms with van der Waals surface area (Å²) >= 11 is 0. The standard InChI is InChI=1S/C10H18N4O/c1-7(2)9(11)10(15)12-6-8-4-5-13-14(8)3/h4-5,7,9H,6,11H2,1-3H3,(H,12,15). The Labute approximate surface area is 89.6 Å². The third kappa shape index (κ3) is 3.06. The summed E-state index contributed by atoms with van der Waals surface area (Å²) in [5.74, 6) is 0.0303. The lowest BCUT2D eigenvalue weighted by molar-refractivity contribution is -0.123. The second kappa shape index (κ2) is 4.93. The molecule has 1 heterocycles. The maximum atomic E-state index is 11.5. The molecule has 3 N–H and O–H groups in total. The number of carbonyl (C=O) groups excluding carboxylic acids is 1. The second-order valence-electron chi connectivity index (χ2n) is 3.93. The summed E-state index contributed by atoms with van der Waals surface area (Å²) in [4.78, 5) is 11.5. The van der Waals surface area contributed by atoms with Gasteiger partial charge in [0.2, 0.25) is 5.91 Å². The van der Waals surface area contributed by atoms with Gasteiger partial charge in [-0.25, -0.2) is 0 Å². The van der Waals surface area contributed by atoms with E-state index in [0.29, 0.717) is 6.54 Å². The number of aromatic nitrogens is 2. The van der Waals surface area contributed by atoms with Crippen LogP contribution in [-0.4, -0.2) is 21.7 Å². The molecule has 1 aromatic rings. The van der Waals surface area contributed by atoms with Crippen LogP contribution in [0.4, 0.5) is 0 Å². The van der Waals surface area contributed by atoms with Gasteiger partial charge in [0.15, 0.2) is 0 Å². The van der Waals surface area contributed by atoms with Gasteiger partial charge in [0.25, 0.3) is 0 Å². The van der Waals surface area contributed by atoms with Crippen LogP contribution in [0.3, 0.4) is 0 Å². The Hall–Kier alpha value is -1.36. The molecule has 0 bridgehead atoms. The average molecular weight is 210 g/mol. The lowest BCUT2D eigenvalue weighted by atomic mass is 10.1. The lowest BCUT2D eigenvalue weighted by Crippen LogP contribution is -2.43. The summed E-state index contributed by atoms with van der Waals surface area (Å²) in [5, 5.41) is 6.79. The van der Waals surface area contributed by atoms with Gasteiger partial charge in [-0.05, 0) is 12.0 Å². The number of hydrogen-bond donors (Lipinski definition) is 2. The monoisotopic (exact) mass is 210 g/mol. The number of rotatable bonds is 4. The maximum Gasteiger partial charge on any atom is 0.237 e. The van der Waals surface area contributed by atoms with Crippen LogP contribution in [0.15, 0.2) is 12.3 Å². The summed E-state index contributed by atoms with van der Waals surface area (Å²) < 4.78 is 1.72. The number of nitrogens with one attached hydrogen (secondary N) is 1. The molecule has 0 aliphatic heterocycles. The summed E-state index contributed by atoms with van der Waals surface area (Å²) in [6.07, 6.45) is 1.70. The number of amides is 1. The molecule has 0 aliphatic carbocycles. The maximum absolute atomic E-state index is 11.5. The van der Waals surface area contributed by atoms with Crippen LogP contribution < -0.4 is 11.1 Å². The van der Waals surface area contributed by atoms with Gasteiger partial charge in [-0.15, -0.1) is 0 Å². The molecule has 1 amide bonds. The number of nitrogens with zero attached hydrogens (tertiary/aromatic N) is 2. The Balaban J connectivity index is 2.44. The zero-order chi connectivity index (χ0) is 11.4. The summed E-state index contributed by atoms with van der Waals surface area (Å²) in [6, 6.07) is 1.42. The van der Waals surface area contributed by atoms with Gasteiger partial charge in [-0.1, -0.05) is 13.8 Å². The number of carbonyl (C=O) groups is 1. The van der Waals surface area contributed by atoms with E-state index in [4.69, 9.17) is 5.73 Å². The molecular weight excluding hydrogens is 192 g/mol. The smallest absolute Gasteiger partial charge is 0.237 e. The normalized spacial score (nSPS) is 12.9. The van der Waals surface area contributed by atoms with Crippen molar-refractivity contribution in [2.45, 2.75) is 26.4 Å². The van der Waals surface area contributed by atoms with Gasteiger partial charge in [0.1, 0.15) is 0 Å². The van der Waals surface area contributed by atoms with Gasteiger partial charge in [0.05, 0.1) is 18.3 Å². The lowest BCUT2D eigenvalue weighted by Gasteiger charge is -2.15. The molecule has 5 nitrogen and oxygen atoms in total.